The normalized spacial score (nSPS) is 54.3. The summed E-state index contributed by atoms with van der Waals surface area (Å²) in [7, 11) is 0. The van der Waals surface area contributed by atoms with Crippen molar-refractivity contribution >= 4 is 5.91 Å². The number of ether oxygens (including phenoxy) is 4. The lowest BCUT2D eigenvalue weighted by Crippen LogP contribution is -2.68. The van der Waals surface area contributed by atoms with Crippen LogP contribution in [0.15, 0.2) is 12.2 Å². The van der Waals surface area contributed by atoms with Crippen molar-refractivity contribution in [2.75, 3.05) is 19.8 Å². The minimum absolute atomic E-state index is 0.0429. The molecule has 1 amide bonds. The highest BCUT2D eigenvalue weighted by Crippen LogP contribution is 2.77. The molecule has 5 aliphatic carbocycles. The maximum atomic E-state index is 14.1. The summed E-state index contributed by atoms with van der Waals surface area (Å²) >= 11 is 0. The van der Waals surface area contributed by atoms with E-state index in [2.05, 4.69) is 53.4 Å². The number of carbonyl (C=O) groups is 1. The van der Waals surface area contributed by atoms with Gasteiger partial charge in [0.15, 0.2) is 12.6 Å². The number of hydrogen-bond donors (Lipinski definition) is 7. The Morgan fingerprint density at radius 1 is 0.821 bits per heavy atom. The number of amides is 1. The lowest BCUT2D eigenvalue weighted by molar-refractivity contribution is -0.366. The Hall–Kier alpha value is -1.19. The minimum atomic E-state index is -1.61. The van der Waals surface area contributed by atoms with Crippen molar-refractivity contribution < 1.29 is 54.4 Å². The number of aliphatic hydroxyl groups excluding tert-OH is 6. The van der Waals surface area contributed by atoms with E-state index in [4.69, 9.17) is 18.9 Å². The molecule has 12 heteroatoms. The van der Waals surface area contributed by atoms with E-state index in [1.165, 1.54) is 5.57 Å². The summed E-state index contributed by atoms with van der Waals surface area (Å²) in [6.07, 6.45) is -1.88. The van der Waals surface area contributed by atoms with Crippen molar-refractivity contribution in [1.82, 2.24) is 5.32 Å². The van der Waals surface area contributed by atoms with Crippen molar-refractivity contribution in [3.8, 4) is 0 Å². The van der Waals surface area contributed by atoms with E-state index in [9.17, 15) is 35.4 Å². The molecule has 2 saturated heterocycles. The second kappa shape index (κ2) is 15.4. The van der Waals surface area contributed by atoms with Gasteiger partial charge in [-0.1, -0.05) is 46.8 Å². The van der Waals surface area contributed by atoms with Crippen LogP contribution >= 0.6 is 0 Å². The van der Waals surface area contributed by atoms with Crippen molar-refractivity contribution in [3.05, 3.63) is 12.2 Å². The van der Waals surface area contributed by atoms with E-state index in [1.54, 1.807) is 6.92 Å². The van der Waals surface area contributed by atoms with Gasteiger partial charge < -0.3 is 54.9 Å². The van der Waals surface area contributed by atoms with Gasteiger partial charge >= 0.3 is 0 Å². The first-order valence-corrected chi connectivity index (χ1v) is 21.9. The summed E-state index contributed by atoms with van der Waals surface area (Å²) < 4.78 is 24.5. The van der Waals surface area contributed by atoms with Gasteiger partial charge in [-0.15, -0.1) is 0 Å². The molecule has 0 radical (unpaired) electrons. The Labute approximate surface area is 334 Å². The Kier molecular flexibility index (Phi) is 11.8. The van der Waals surface area contributed by atoms with Gasteiger partial charge in [0.25, 0.3) is 0 Å². The van der Waals surface area contributed by atoms with Crippen LogP contribution in [-0.4, -0.2) is 118 Å². The van der Waals surface area contributed by atoms with Crippen molar-refractivity contribution in [1.29, 1.82) is 0 Å². The SMILES string of the molecule is C=C(C)[C@@H]1CC[C@]2(C(=O)NCCC)CC[C@]3(C)C(CCC4[C@@]5(C)CC[C@H](O[C@@H]6OC[C@H](O)[C@H](O)[C@H]6OC6O[C@@H](C)[C@H](O)[C@@H](O)[C@H]6O)[C@@](C)(CO)[C@@H]5CC[C@]43C)C12. The minimum Gasteiger partial charge on any atom is -0.396 e. The summed E-state index contributed by atoms with van der Waals surface area (Å²) in [5.41, 5.74) is 0.239. The summed E-state index contributed by atoms with van der Waals surface area (Å²) in [5.74, 6) is 1.89. The molecule has 7 N–H and O–H groups in total. The zero-order chi connectivity index (χ0) is 40.7. The van der Waals surface area contributed by atoms with Gasteiger partial charge in [-0.25, -0.2) is 0 Å². The summed E-state index contributed by atoms with van der Waals surface area (Å²) in [4.78, 5) is 14.1. The van der Waals surface area contributed by atoms with Crippen LogP contribution in [0, 0.1) is 56.7 Å². The van der Waals surface area contributed by atoms with Gasteiger partial charge in [-0.3, -0.25) is 4.79 Å². The van der Waals surface area contributed by atoms with Gasteiger partial charge in [0.1, 0.15) is 36.6 Å². The molecule has 12 nitrogen and oxygen atoms in total. The fourth-order valence-corrected chi connectivity index (χ4v) is 14.6. The lowest BCUT2D eigenvalue weighted by Gasteiger charge is -2.73. The highest BCUT2D eigenvalue weighted by molar-refractivity contribution is 5.83. The molecule has 2 aliphatic heterocycles. The third-order valence-electron chi connectivity index (χ3n) is 18.0. The zero-order valence-electron chi connectivity index (χ0n) is 35.0. The number of carbonyl (C=O) groups excluding carboxylic acids is 1. The van der Waals surface area contributed by atoms with E-state index < -0.39 is 66.8 Å². The third kappa shape index (κ3) is 6.32. The van der Waals surface area contributed by atoms with Crippen LogP contribution in [-0.2, 0) is 23.7 Å². The second-order valence-corrected chi connectivity index (χ2v) is 20.5. The molecule has 0 aromatic carbocycles. The van der Waals surface area contributed by atoms with Crippen LogP contribution in [0.2, 0.25) is 0 Å². The number of fused-ring (bicyclic) bond motifs is 7. The first-order chi connectivity index (χ1) is 26.3. The van der Waals surface area contributed by atoms with Gasteiger partial charge in [0.05, 0.1) is 30.8 Å². The topological polar surface area (TPSA) is 187 Å². The maximum absolute atomic E-state index is 14.1. The van der Waals surface area contributed by atoms with E-state index >= 15 is 0 Å². The molecule has 0 spiro atoms. The van der Waals surface area contributed by atoms with E-state index in [0.717, 1.165) is 70.8 Å². The van der Waals surface area contributed by atoms with E-state index in [1.807, 2.05) is 0 Å². The molecule has 56 heavy (non-hydrogen) atoms. The molecule has 4 unspecified atom stereocenters. The number of hydrogen-bond acceptors (Lipinski definition) is 11. The second-order valence-electron chi connectivity index (χ2n) is 20.5. The van der Waals surface area contributed by atoms with Crippen LogP contribution in [0.25, 0.3) is 0 Å². The molecule has 320 valence electrons. The predicted octanol–water partition coefficient (Wildman–Crippen LogP) is 3.82. The summed E-state index contributed by atoms with van der Waals surface area (Å²) in [5, 5.41) is 67.8. The average Bonchev–Trinajstić information content (AvgIpc) is 3.57. The molecule has 7 fully saturated rings. The number of rotatable bonds is 9. The molecule has 0 aromatic rings. The quantitative estimate of drug-likeness (QED) is 0.133. The standard InChI is InChI=1S/C44H73NO11/c1-9-20-45-39(52)44-17-12-25(23(2)3)31(44)26-10-11-29-40(5)15-14-30(41(6,22-46)28(40)13-16-43(29,8)42(26,7)18-19-44)55-38-36(33(49)27(47)21-53-38)56-37-35(51)34(50)32(48)24(4)54-37/h24-38,46-51H,2,9-22H2,1,3-8H3,(H,45,52)/t24-,25-,26?,27-,28+,29?,30-,31?,32-,33-,34+,35+,36+,37?,38-,40-,41-,42+,43+,44-/m0/s1. The van der Waals surface area contributed by atoms with Crippen molar-refractivity contribution in [2.24, 2.45) is 56.7 Å². The number of allylic oxidation sites excluding steroid dienone is 1. The van der Waals surface area contributed by atoms with Crippen molar-refractivity contribution in [2.45, 2.75) is 181 Å². The average molecular weight is 792 g/mol. The molecule has 0 aromatic heterocycles. The highest BCUT2D eigenvalue weighted by atomic mass is 16.8. The summed E-state index contributed by atoms with van der Waals surface area (Å²) in [6, 6.07) is 0. The Balaban J connectivity index is 1.13. The van der Waals surface area contributed by atoms with Crippen molar-refractivity contribution in [3.63, 3.8) is 0 Å². The molecular formula is C44H73NO11. The number of nitrogens with one attached hydrogen (secondary N) is 1. The van der Waals surface area contributed by atoms with Crippen LogP contribution in [0.1, 0.15) is 119 Å². The first-order valence-electron chi connectivity index (χ1n) is 21.9. The Morgan fingerprint density at radius 2 is 1.55 bits per heavy atom. The smallest absolute Gasteiger partial charge is 0.226 e. The van der Waals surface area contributed by atoms with Gasteiger partial charge in [-0.05, 0) is 130 Å². The van der Waals surface area contributed by atoms with Crippen LogP contribution < -0.4 is 5.32 Å². The molecule has 5 saturated carbocycles. The van der Waals surface area contributed by atoms with Gasteiger partial charge in [0.2, 0.25) is 5.91 Å². The van der Waals surface area contributed by atoms with Gasteiger partial charge in [-0.2, -0.15) is 0 Å². The lowest BCUT2D eigenvalue weighted by atomic mass is 9.32. The predicted molar refractivity (Wildman–Crippen MR) is 208 cm³/mol. The maximum Gasteiger partial charge on any atom is 0.226 e. The Morgan fingerprint density at radius 3 is 2.23 bits per heavy atom. The third-order valence-corrected chi connectivity index (χ3v) is 18.0. The molecule has 2 heterocycles. The van der Waals surface area contributed by atoms with Crippen LogP contribution in [0.4, 0.5) is 0 Å². The van der Waals surface area contributed by atoms with Gasteiger partial charge in [0, 0.05) is 12.0 Å². The van der Waals surface area contributed by atoms with Crippen LogP contribution in [0.3, 0.4) is 0 Å². The van der Waals surface area contributed by atoms with E-state index in [-0.39, 0.29) is 46.7 Å². The fraction of sp³-hybridized carbons (Fsp3) is 0.932. The molecule has 20 atom stereocenters. The van der Waals surface area contributed by atoms with E-state index in [0.29, 0.717) is 30.1 Å². The zero-order valence-corrected chi connectivity index (χ0v) is 35.0. The van der Waals surface area contributed by atoms with Crippen LogP contribution in [0.5, 0.6) is 0 Å². The first kappa shape index (κ1) is 42.9. The molecule has 7 aliphatic rings. The molecule has 7 rings (SSSR count). The Bertz CT molecular complexity index is 1470. The number of aliphatic hydroxyl groups is 6. The largest absolute Gasteiger partial charge is 0.396 e. The fourth-order valence-electron chi connectivity index (χ4n) is 14.6. The highest BCUT2D eigenvalue weighted by Gasteiger charge is 2.72. The molecule has 0 bridgehead atoms. The monoisotopic (exact) mass is 792 g/mol. The summed E-state index contributed by atoms with van der Waals surface area (Å²) in [6.45, 7) is 20.4. The molecular weight excluding hydrogens is 718 g/mol.